The van der Waals surface area contributed by atoms with Gasteiger partial charge in [0.05, 0.1) is 18.1 Å². The molecule has 2 aromatic carbocycles. The molecule has 3 rings (SSSR count). The molecule has 0 aliphatic heterocycles. The van der Waals surface area contributed by atoms with Crippen molar-refractivity contribution in [3.63, 3.8) is 0 Å². The number of allylic oxidation sites excluding steroid dienone is 1. The monoisotopic (exact) mass is 518 g/mol. The van der Waals surface area contributed by atoms with Gasteiger partial charge in [-0.05, 0) is 59.2 Å². The first-order chi connectivity index (χ1) is 16.3. The van der Waals surface area contributed by atoms with Crippen molar-refractivity contribution < 1.29 is 18.6 Å². The van der Waals surface area contributed by atoms with E-state index in [2.05, 4.69) is 26.5 Å². The molecule has 1 aliphatic rings. The van der Waals surface area contributed by atoms with Crippen LogP contribution in [0.1, 0.15) is 20.3 Å². The highest BCUT2D eigenvalue weighted by molar-refractivity contribution is 8.00. The number of sulfone groups is 1. The van der Waals surface area contributed by atoms with E-state index in [9.17, 15) is 8.42 Å². The first kappa shape index (κ1) is 27.1. The van der Waals surface area contributed by atoms with Crippen molar-refractivity contribution in [1.29, 1.82) is 0 Å². The summed E-state index contributed by atoms with van der Waals surface area (Å²) in [5, 5.41) is 17.8. The Morgan fingerprint density at radius 3 is 2.15 bits per heavy atom. The Morgan fingerprint density at radius 1 is 1.00 bits per heavy atom. The van der Waals surface area contributed by atoms with Crippen LogP contribution >= 0.6 is 23.5 Å². The second-order valence-corrected chi connectivity index (χ2v) is 13.1. The molecule has 4 nitrogen and oxygen atoms in total. The van der Waals surface area contributed by atoms with Gasteiger partial charge in [-0.25, -0.2) is 8.42 Å². The molecular weight excluding hydrogens is 484 g/mol. The van der Waals surface area contributed by atoms with Gasteiger partial charge in [-0.1, -0.05) is 50.3 Å². The van der Waals surface area contributed by atoms with Gasteiger partial charge in [-0.15, -0.1) is 18.3 Å². The quantitative estimate of drug-likeness (QED) is 0.304. The molecule has 34 heavy (non-hydrogen) atoms. The predicted octanol–water partition coefficient (Wildman–Crippen LogP) is 5.46. The number of hydrogen-bond donors (Lipinski definition) is 2. The number of hydrogen-bond acceptors (Lipinski definition) is 6. The number of aliphatic hydroxyl groups excluding tert-OH is 2. The van der Waals surface area contributed by atoms with Gasteiger partial charge in [0.15, 0.2) is 9.84 Å². The summed E-state index contributed by atoms with van der Waals surface area (Å²) in [5.41, 5.74) is 2.89. The van der Waals surface area contributed by atoms with Crippen molar-refractivity contribution in [2.24, 2.45) is 11.8 Å². The summed E-state index contributed by atoms with van der Waals surface area (Å²) in [5.74, 6) is 1.79. The summed E-state index contributed by atoms with van der Waals surface area (Å²) in [6.07, 6.45) is 4.44. The second-order valence-electron chi connectivity index (χ2n) is 8.54. The molecule has 0 bridgehead atoms. The van der Waals surface area contributed by atoms with Gasteiger partial charge in [-0.2, -0.15) is 11.8 Å². The van der Waals surface area contributed by atoms with Gasteiger partial charge in [0, 0.05) is 21.7 Å². The zero-order valence-electron chi connectivity index (χ0n) is 19.8. The van der Waals surface area contributed by atoms with Crippen LogP contribution in [0.5, 0.6) is 0 Å². The summed E-state index contributed by atoms with van der Waals surface area (Å²) in [6.45, 7) is 8.44. The Kier molecular flexibility index (Phi) is 9.92. The van der Waals surface area contributed by atoms with Crippen molar-refractivity contribution in [3.05, 3.63) is 72.8 Å². The van der Waals surface area contributed by atoms with Crippen LogP contribution in [0.15, 0.2) is 82.6 Å². The molecule has 0 fully saturated rings. The lowest BCUT2D eigenvalue weighted by Gasteiger charge is -2.36. The van der Waals surface area contributed by atoms with E-state index in [0.717, 1.165) is 28.0 Å². The van der Waals surface area contributed by atoms with E-state index in [1.807, 2.05) is 36.4 Å². The van der Waals surface area contributed by atoms with E-state index in [-0.39, 0.29) is 19.1 Å². The largest absolute Gasteiger partial charge is 0.396 e. The van der Waals surface area contributed by atoms with Crippen LogP contribution in [0.2, 0.25) is 0 Å². The third-order valence-corrected chi connectivity index (χ3v) is 11.0. The Hall–Kier alpha value is -1.51. The molecule has 4 atom stereocenters. The smallest absolute Gasteiger partial charge is 0.188 e. The Bertz CT molecular complexity index is 1080. The van der Waals surface area contributed by atoms with Gasteiger partial charge in [0.1, 0.15) is 5.25 Å². The van der Waals surface area contributed by atoms with Gasteiger partial charge in [0.2, 0.25) is 0 Å². The minimum absolute atomic E-state index is 0.115. The molecule has 0 aromatic heterocycles. The van der Waals surface area contributed by atoms with Gasteiger partial charge in [-0.3, -0.25) is 0 Å². The molecule has 184 valence electrons. The van der Waals surface area contributed by atoms with Crippen molar-refractivity contribution in [2.75, 3.05) is 24.7 Å². The molecule has 2 N–H and O–H groups in total. The molecule has 0 spiro atoms. The highest BCUT2D eigenvalue weighted by atomic mass is 32.2. The van der Waals surface area contributed by atoms with Gasteiger partial charge in [0.25, 0.3) is 0 Å². The molecule has 0 radical (unpaired) electrons. The Labute approximate surface area is 212 Å². The highest BCUT2D eigenvalue weighted by Crippen LogP contribution is 2.41. The third-order valence-electron chi connectivity index (χ3n) is 6.52. The summed E-state index contributed by atoms with van der Waals surface area (Å²) in [6, 6.07) is 15.1. The fourth-order valence-corrected chi connectivity index (χ4v) is 7.98. The number of thioether (sulfide) groups is 2. The fourth-order valence-electron chi connectivity index (χ4n) is 4.41. The minimum Gasteiger partial charge on any atom is -0.396 e. The van der Waals surface area contributed by atoms with Crippen molar-refractivity contribution in [1.82, 2.24) is 0 Å². The molecule has 7 heteroatoms. The first-order valence-electron chi connectivity index (χ1n) is 11.6. The maximum Gasteiger partial charge on any atom is 0.188 e. The predicted molar refractivity (Wildman–Crippen MR) is 145 cm³/mol. The van der Waals surface area contributed by atoms with Crippen LogP contribution in [-0.2, 0) is 9.84 Å². The fraction of sp³-hybridized carbons (Fsp3) is 0.407. The van der Waals surface area contributed by atoms with Crippen LogP contribution in [0, 0.1) is 11.8 Å². The molecule has 0 heterocycles. The van der Waals surface area contributed by atoms with Crippen LogP contribution in [0.3, 0.4) is 0 Å². The number of aliphatic hydroxyl groups is 2. The summed E-state index contributed by atoms with van der Waals surface area (Å²) < 4.78 is 27.2. The molecule has 0 amide bonds. The first-order valence-corrected chi connectivity index (χ1v) is 15.1. The molecular formula is C27H34O4S3. The maximum absolute atomic E-state index is 13.6. The average Bonchev–Trinajstić information content (AvgIpc) is 2.85. The lowest BCUT2D eigenvalue weighted by atomic mass is 9.79. The number of benzene rings is 2. The van der Waals surface area contributed by atoms with E-state index < -0.39 is 15.1 Å². The van der Waals surface area contributed by atoms with Crippen LogP contribution < -0.4 is 0 Å². The van der Waals surface area contributed by atoms with Crippen molar-refractivity contribution in [3.8, 4) is 11.1 Å². The normalized spacial score (nSPS) is 21.6. The van der Waals surface area contributed by atoms with Crippen molar-refractivity contribution >= 4 is 33.4 Å². The van der Waals surface area contributed by atoms with E-state index in [0.29, 0.717) is 27.6 Å². The second kappa shape index (κ2) is 12.5. The maximum atomic E-state index is 13.6. The SMILES string of the molecule is C=CC(C1=CC[C@H](SCCO)[C@H](C)[C@H]1C)S(=O)(=O)c1ccc(-c2ccc(SCCO)cc2)cc1. The standard InChI is InChI=1S/C27H34O4S3/c1-4-27(25-13-14-26(33-18-16-29)20(3)19(25)2)34(30,31)24-11-7-22(8-12-24)21-5-9-23(10-6-21)32-17-15-28/h4-13,19-20,26-29H,1,14-18H2,2-3H3/t19-,20-,26+,27?/m1/s1. The van der Waals surface area contributed by atoms with Crippen LogP contribution in [0.25, 0.3) is 11.1 Å². The molecule has 2 aromatic rings. The lowest BCUT2D eigenvalue weighted by Crippen LogP contribution is -2.34. The zero-order valence-corrected chi connectivity index (χ0v) is 22.2. The number of rotatable bonds is 11. The minimum atomic E-state index is -3.62. The van der Waals surface area contributed by atoms with E-state index in [1.54, 1.807) is 41.7 Å². The van der Waals surface area contributed by atoms with E-state index in [1.165, 1.54) is 0 Å². The molecule has 0 saturated carbocycles. The van der Waals surface area contributed by atoms with Gasteiger partial charge < -0.3 is 10.2 Å². The van der Waals surface area contributed by atoms with E-state index in [4.69, 9.17) is 10.2 Å². The van der Waals surface area contributed by atoms with Crippen LogP contribution in [0.4, 0.5) is 0 Å². The third kappa shape index (κ3) is 6.18. The molecule has 1 unspecified atom stereocenters. The van der Waals surface area contributed by atoms with Crippen molar-refractivity contribution in [2.45, 2.75) is 40.6 Å². The molecule has 1 aliphatic carbocycles. The Balaban J connectivity index is 1.80. The zero-order chi connectivity index (χ0) is 24.7. The lowest BCUT2D eigenvalue weighted by molar-refractivity contribution is 0.321. The van der Waals surface area contributed by atoms with E-state index >= 15 is 0 Å². The van der Waals surface area contributed by atoms with Gasteiger partial charge >= 0.3 is 0 Å². The average molecular weight is 519 g/mol. The Morgan fingerprint density at radius 2 is 1.59 bits per heavy atom. The summed E-state index contributed by atoms with van der Waals surface area (Å²) in [7, 11) is -3.62. The summed E-state index contributed by atoms with van der Waals surface area (Å²) in [4.78, 5) is 1.39. The topological polar surface area (TPSA) is 74.6 Å². The highest BCUT2D eigenvalue weighted by Gasteiger charge is 2.37. The summed E-state index contributed by atoms with van der Waals surface area (Å²) >= 11 is 3.35. The van der Waals surface area contributed by atoms with Crippen LogP contribution in [-0.4, -0.2) is 53.9 Å². The molecule has 0 saturated heterocycles.